The highest BCUT2D eigenvalue weighted by atomic mass is 19.1. The molecule has 1 atom stereocenters. The first-order chi connectivity index (χ1) is 11.0. The molecular formula is C16H19FN4O2. The van der Waals surface area contributed by atoms with Crippen LogP contribution in [0.25, 0.3) is 5.69 Å². The Morgan fingerprint density at radius 3 is 2.91 bits per heavy atom. The first kappa shape index (κ1) is 15.5. The second-order valence-electron chi connectivity index (χ2n) is 5.76. The second kappa shape index (κ2) is 6.00. The monoisotopic (exact) mass is 318 g/mol. The number of hydrogen-bond acceptors (Lipinski definition) is 4. The Kier molecular flexibility index (Phi) is 4.04. The molecule has 1 aliphatic rings. The van der Waals surface area contributed by atoms with Crippen LogP contribution in [0.5, 0.6) is 5.75 Å². The van der Waals surface area contributed by atoms with Crippen molar-refractivity contribution in [3.05, 3.63) is 41.5 Å². The number of aromatic hydroxyl groups is 1. The van der Waals surface area contributed by atoms with Crippen molar-refractivity contribution in [1.82, 2.24) is 20.0 Å². The van der Waals surface area contributed by atoms with Crippen LogP contribution in [0.3, 0.4) is 0 Å². The zero-order valence-electron chi connectivity index (χ0n) is 13.1. The molecule has 1 aromatic heterocycles. The van der Waals surface area contributed by atoms with E-state index in [4.69, 9.17) is 0 Å². The maximum Gasteiger partial charge on any atom is 0.278 e. The van der Waals surface area contributed by atoms with Crippen LogP contribution >= 0.6 is 0 Å². The average molecular weight is 318 g/mol. The van der Waals surface area contributed by atoms with Crippen LogP contribution in [0.15, 0.2) is 24.4 Å². The fourth-order valence-corrected chi connectivity index (χ4v) is 2.85. The summed E-state index contributed by atoms with van der Waals surface area (Å²) in [5.41, 5.74) is 1.31. The fraction of sp³-hybridized carbons (Fsp3) is 0.375. The van der Waals surface area contributed by atoms with Crippen LogP contribution in [-0.2, 0) is 0 Å². The summed E-state index contributed by atoms with van der Waals surface area (Å²) in [4.78, 5) is 14.2. The largest absolute Gasteiger partial charge is 0.504 e. The number of likely N-dealkylation sites (tertiary alicyclic amines) is 1. The van der Waals surface area contributed by atoms with E-state index in [2.05, 4.69) is 10.4 Å². The van der Waals surface area contributed by atoms with Gasteiger partial charge in [0.25, 0.3) is 5.91 Å². The minimum absolute atomic E-state index is 0.0190. The molecule has 0 bridgehead atoms. The van der Waals surface area contributed by atoms with E-state index in [1.807, 2.05) is 7.05 Å². The quantitative estimate of drug-likeness (QED) is 0.899. The molecule has 2 aromatic rings. The highest BCUT2D eigenvalue weighted by Crippen LogP contribution is 2.23. The SMILES string of the molecule is CN[C@@H]1CCN(C(=O)c2nn(-c3ccc(F)cc3C)cc2O)C1. The van der Waals surface area contributed by atoms with Crippen molar-refractivity contribution in [2.75, 3.05) is 20.1 Å². The van der Waals surface area contributed by atoms with E-state index in [0.717, 1.165) is 6.42 Å². The molecule has 1 fully saturated rings. The number of nitrogens with zero attached hydrogens (tertiary/aromatic N) is 3. The van der Waals surface area contributed by atoms with Gasteiger partial charge in [-0.25, -0.2) is 9.07 Å². The molecule has 122 valence electrons. The molecule has 0 spiro atoms. The summed E-state index contributed by atoms with van der Waals surface area (Å²) in [5.74, 6) is -0.806. The highest BCUT2D eigenvalue weighted by molar-refractivity contribution is 5.95. The molecule has 0 aliphatic carbocycles. The maximum absolute atomic E-state index is 13.2. The van der Waals surface area contributed by atoms with Crippen molar-refractivity contribution in [2.24, 2.45) is 0 Å². The van der Waals surface area contributed by atoms with Gasteiger partial charge in [-0.3, -0.25) is 4.79 Å². The Labute approximate surface area is 133 Å². The lowest BCUT2D eigenvalue weighted by atomic mass is 10.2. The van der Waals surface area contributed by atoms with E-state index in [-0.39, 0.29) is 29.2 Å². The molecule has 7 heteroatoms. The van der Waals surface area contributed by atoms with Gasteiger partial charge >= 0.3 is 0 Å². The summed E-state index contributed by atoms with van der Waals surface area (Å²) < 4.78 is 14.6. The van der Waals surface area contributed by atoms with E-state index in [9.17, 15) is 14.3 Å². The number of likely N-dealkylation sites (N-methyl/N-ethyl adjacent to an activating group) is 1. The molecular weight excluding hydrogens is 299 g/mol. The zero-order valence-corrected chi connectivity index (χ0v) is 13.1. The van der Waals surface area contributed by atoms with Crippen LogP contribution in [0.4, 0.5) is 4.39 Å². The number of hydrogen-bond donors (Lipinski definition) is 2. The molecule has 2 heterocycles. The summed E-state index contributed by atoms with van der Waals surface area (Å²) in [6, 6.07) is 4.54. The lowest BCUT2D eigenvalue weighted by molar-refractivity contribution is 0.0780. The minimum Gasteiger partial charge on any atom is -0.504 e. The lowest BCUT2D eigenvalue weighted by Gasteiger charge is -2.15. The van der Waals surface area contributed by atoms with Crippen molar-refractivity contribution in [2.45, 2.75) is 19.4 Å². The molecule has 6 nitrogen and oxygen atoms in total. The van der Waals surface area contributed by atoms with Crippen LogP contribution in [-0.4, -0.2) is 51.9 Å². The Morgan fingerprint density at radius 2 is 2.26 bits per heavy atom. The van der Waals surface area contributed by atoms with Gasteiger partial charge in [0.2, 0.25) is 0 Å². The van der Waals surface area contributed by atoms with E-state index in [1.165, 1.54) is 23.0 Å². The number of amides is 1. The van der Waals surface area contributed by atoms with Gasteiger partial charge in [-0.05, 0) is 44.2 Å². The molecule has 1 amide bonds. The van der Waals surface area contributed by atoms with E-state index >= 15 is 0 Å². The maximum atomic E-state index is 13.2. The Bertz CT molecular complexity index is 744. The number of halogens is 1. The molecule has 2 N–H and O–H groups in total. The minimum atomic E-state index is -0.339. The average Bonchev–Trinajstić information content (AvgIpc) is 3.13. The Morgan fingerprint density at radius 1 is 1.48 bits per heavy atom. The molecule has 3 rings (SSSR count). The van der Waals surface area contributed by atoms with Gasteiger partial charge in [0.15, 0.2) is 11.4 Å². The number of nitrogens with one attached hydrogen (secondary N) is 1. The van der Waals surface area contributed by atoms with Crippen molar-refractivity contribution in [1.29, 1.82) is 0 Å². The first-order valence-corrected chi connectivity index (χ1v) is 7.51. The van der Waals surface area contributed by atoms with Gasteiger partial charge in [-0.1, -0.05) is 0 Å². The summed E-state index contributed by atoms with van der Waals surface area (Å²) in [6.45, 7) is 2.97. The van der Waals surface area contributed by atoms with E-state index in [0.29, 0.717) is 24.3 Å². The summed E-state index contributed by atoms with van der Waals surface area (Å²) >= 11 is 0. The van der Waals surface area contributed by atoms with Crippen molar-refractivity contribution in [3.63, 3.8) is 0 Å². The third kappa shape index (κ3) is 2.92. The predicted molar refractivity (Wildman–Crippen MR) is 83.3 cm³/mol. The number of benzene rings is 1. The number of carbonyl (C=O) groups excluding carboxylic acids is 1. The first-order valence-electron chi connectivity index (χ1n) is 7.51. The third-order valence-electron chi connectivity index (χ3n) is 4.19. The van der Waals surface area contributed by atoms with Gasteiger partial charge in [0.1, 0.15) is 5.82 Å². The van der Waals surface area contributed by atoms with Crippen LogP contribution in [0.2, 0.25) is 0 Å². The van der Waals surface area contributed by atoms with Crippen LogP contribution in [0, 0.1) is 12.7 Å². The number of rotatable bonds is 3. The molecule has 1 aliphatic heterocycles. The van der Waals surface area contributed by atoms with Crippen LogP contribution < -0.4 is 5.32 Å². The smallest absolute Gasteiger partial charge is 0.278 e. The predicted octanol–water partition coefficient (Wildman–Crippen LogP) is 1.46. The molecule has 23 heavy (non-hydrogen) atoms. The molecule has 1 saturated heterocycles. The Balaban J connectivity index is 1.88. The van der Waals surface area contributed by atoms with Crippen molar-refractivity contribution in [3.8, 4) is 11.4 Å². The van der Waals surface area contributed by atoms with Crippen molar-refractivity contribution < 1.29 is 14.3 Å². The zero-order chi connectivity index (χ0) is 16.6. The van der Waals surface area contributed by atoms with Crippen molar-refractivity contribution >= 4 is 5.91 Å². The van der Waals surface area contributed by atoms with Gasteiger partial charge in [-0.2, -0.15) is 5.10 Å². The van der Waals surface area contributed by atoms with E-state index < -0.39 is 0 Å². The molecule has 1 aromatic carbocycles. The number of aromatic nitrogens is 2. The Hall–Kier alpha value is -2.41. The fourth-order valence-electron chi connectivity index (χ4n) is 2.85. The lowest BCUT2D eigenvalue weighted by Crippen LogP contribution is -2.33. The standard InChI is InChI=1S/C16H19FN4O2/c1-10-7-11(17)3-4-13(10)21-9-14(22)15(19-21)16(23)20-6-5-12(8-20)18-2/h3-4,7,9,12,18,22H,5-6,8H2,1-2H3/t12-/m1/s1. The summed E-state index contributed by atoms with van der Waals surface area (Å²) in [5, 5.41) is 17.4. The molecule has 0 unspecified atom stereocenters. The number of aryl methyl sites for hydroxylation is 1. The van der Waals surface area contributed by atoms with Gasteiger partial charge in [0.05, 0.1) is 11.9 Å². The summed E-state index contributed by atoms with van der Waals surface area (Å²) in [7, 11) is 1.86. The third-order valence-corrected chi connectivity index (χ3v) is 4.19. The van der Waals surface area contributed by atoms with E-state index in [1.54, 1.807) is 17.9 Å². The topological polar surface area (TPSA) is 70.4 Å². The second-order valence-corrected chi connectivity index (χ2v) is 5.76. The molecule has 0 saturated carbocycles. The normalized spacial score (nSPS) is 17.7. The number of carbonyl (C=O) groups is 1. The van der Waals surface area contributed by atoms with Gasteiger partial charge in [-0.15, -0.1) is 0 Å². The highest BCUT2D eigenvalue weighted by Gasteiger charge is 2.29. The summed E-state index contributed by atoms with van der Waals surface area (Å²) in [6.07, 6.45) is 2.25. The molecule has 0 radical (unpaired) electrons. The van der Waals surface area contributed by atoms with Gasteiger partial charge < -0.3 is 15.3 Å². The van der Waals surface area contributed by atoms with Gasteiger partial charge in [0, 0.05) is 19.1 Å². The van der Waals surface area contributed by atoms with Crippen LogP contribution in [0.1, 0.15) is 22.5 Å².